The topological polar surface area (TPSA) is 125 Å². The Balaban J connectivity index is 1.19. The molecule has 0 aliphatic carbocycles. The lowest BCUT2D eigenvalue weighted by molar-refractivity contribution is -0.124. The first-order valence-corrected chi connectivity index (χ1v) is 17.0. The zero-order valence-corrected chi connectivity index (χ0v) is 27.4. The van der Waals surface area contributed by atoms with Gasteiger partial charge in [-0.05, 0) is 89.9 Å². The van der Waals surface area contributed by atoms with Gasteiger partial charge in [0.15, 0.2) is 0 Å². The molecule has 0 unspecified atom stereocenters. The van der Waals surface area contributed by atoms with Crippen LogP contribution in [0, 0.1) is 13.8 Å². The second-order valence-corrected chi connectivity index (χ2v) is 13.9. The molecule has 2 heterocycles. The number of primary amides is 1. The minimum Gasteiger partial charge on any atom is -0.351 e. The van der Waals surface area contributed by atoms with Gasteiger partial charge in [0.1, 0.15) is 11.4 Å². The first kappa shape index (κ1) is 31.9. The van der Waals surface area contributed by atoms with E-state index in [1.54, 1.807) is 25.3 Å². The Kier molecular flexibility index (Phi) is 8.57. The zero-order valence-electron chi connectivity index (χ0n) is 26.6. The van der Waals surface area contributed by atoms with Crippen LogP contribution in [-0.4, -0.2) is 56.2 Å². The third-order valence-corrected chi connectivity index (χ3v) is 10.6. The molecular weight excluding hydrogens is 611 g/mol. The number of carbonyl (C=O) groups is 2. The number of aryl methyl sites for hydroxylation is 2. The predicted octanol–water partition coefficient (Wildman–Crippen LogP) is 5.86. The van der Waals surface area contributed by atoms with E-state index in [4.69, 9.17) is 10.7 Å². The Bertz CT molecular complexity index is 2010. The van der Waals surface area contributed by atoms with Crippen molar-refractivity contribution in [3.8, 4) is 22.3 Å². The van der Waals surface area contributed by atoms with Crippen LogP contribution in [0.3, 0.4) is 0 Å². The number of carbonyl (C=O) groups excluding carboxylic acids is 2. The van der Waals surface area contributed by atoms with E-state index in [1.165, 1.54) is 14.6 Å². The summed E-state index contributed by atoms with van der Waals surface area (Å²) in [5, 5.41) is 4.19. The van der Waals surface area contributed by atoms with Crippen LogP contribution >= 0.6 is 0 Å². The molecule has 3 N–H and O–H groups in total. The third-order valence-electron chi connectivity index (χ3n) is 9.05. The van der Waals surface area contributed by atoms with Crippen LogP contribution in [0.2, 0.25) is 0 Å². The molecule has 4 aromatic carbocycles. The van der Waals surface area contributed by atoms with Crippen LogP contribution in [0.25, 0.3) is 28.3 Å². The lowest BCUT2D eigenvalue weighted by atomic mass is 9.89. The molecule has 0 aromatic heterocycles. The van der Waals surface area contributed by atoms with Crippen molar-refractivity contribution in [3.63, 3.8) is 0 Å². The van der Waals surface area contributed by atoms with E-state index in [9.17, 15) is 18.0 Å². The maximum Gasteiger partial charge on any atom is 0.318 e. The summed E-state index contributed by atoms with van der Waals surface area (Å²) < 4.78 is 28.1. The largest absolute Gasteiger partial charge is 0.351 e. The summed E-state index contributed by atoms with van der Waals surface area (Å²) in [5.74, 6) is 0.295. The number of sulfonamides is 1. The predicted molar refractivity (Wildman–Crippen MR) is 187 cm³/mol. The lowest BCUT2D eigenvalue weighted by Gasteiger charge is -2.34. The van der Waals surface area contributed by atoms with Crippen molar-refractivity contribution in [2.75, 3.05) is 25.0 Å². The Labute approximate surface area is 275 Å². The van der Waals surface area contributed by atoms with Gasteiger partial charge in [0, 0.05) is 36.8 Å². The second kappa shape index (κ2) is 12.6. The van der Waals surface area contributed by atoms with E-state index in [0.29, 0.717) is 11.5 Å². The van der Waals surface area contributed by atoms with Gasteiger partial charge in [-0.25, -0.2) is 13.2 Å². The number of hydrogen-bond donors (Lipinski definition) is 2. The molecule has 240 valence electrons. The summed E-state index contributed by atoms with van der Waals surface area (Å²) in [6.07, 6.45) is 2.14. The summed E-state index contributed by atoms with van der Waals surface area (Å²) in [6.45, 7) is 4.05. The average Bonchev–Trinajstić information content (AvgIpc) is 3.39. The summed E-state index contributed by atoms with van der Waals surface area (Å²) >= 11 is 0. The van der Waals surface area contributed by atoms with Crippen molar-refractivity contribution in [1.82, 2.24) is 9.62 Å². The number of urea groups is 1. The van der Waals surface area contributed by atoms with Crippen LogP contribution in [0.5, 0.6) is 0 Å². The highest BCUT2D eigenvalue weighted by molar-refractivity contribution is 7.92. The maximum atomic E-state index is 13.4. The number of aliphatic imine (C=N–C) groups is 1. The molecule has 10 heteroatoms. The fraction of sp³-hybridized carbons (Fsp3) is 0.216. The number of benzene rings is 4. The van der Waals surface area contributed by atoms with E-state index in [-0.39, 0.29) is 31.8 Å². The van der Waals surface area contributed by atoms with E-state index in [2.05, 4.69) is 29.6 Å². The highest BCUT2D eigenvalue weighted by Gasteiger charge is 2.47. The van der Waals surface area contributed by atoms with Crippen molar-refractivity contribution in [2.24, 2.45) is 10.7 Å². The van der Waals surface area contributed by atoms with Gasteiger partial charge in [-0.15, -0.1) is 0 Å². The minimum absolute atomic E-state index is 0.168. The molecule has 1 saturated heterocycles. The highest BCUT2D eigenvalue weighted by atomic mass is 32.2. The smallest absolute Gasteiger partial charge is 0.318 e. The standard InChI is InChI=1S/C37H37N5O4S/c1-25-22-30(41(3)36(38)44)23-26(2)31(25)16-21-47(45,46)42-19-17-37(18-20-42)35(43)39-34(40-37)29-13-9-12-28(24-29)33-15-8-7-14-32(33)27-10-5-4-6-11-27/h4-16,21-24H,17-20H2,1-3H3,(H2,38,44)(H,39,40,43)/b21-16+. The van der Waals surface area contributed by atoms with Crippen LogP contribution < -0.4 is 16.0 Å². The van der Waals surface area contributed by atoms with Crippen LogP contribution in [-0.2, 0) is 14.8 Å². The van der Waals surface area contributed by atoms with Gasteiger partial charge in [-0.1, -0.05) is 72.8 Å². The molecule has 9 nitrogen and oxygen atoms in total. The fourth-order valence-electron chi connectivity index (χ4n) is 6.32. The molecule has 1 spiro atoms. The van der Waals surface area contributed by atoms with E-state index in [0.717, 1.165) is 44.5 Å². The van der Waals surface area contributed by atoms with Crippen molar-refractivity contribution in [3.05, 3.63) is 119 Å². The molecule has 47 heavy (non-hydrogen) atoms. The van der Waals surface area contributed by atoms with Crippen molar-refractivity contribution >= 4 is 39.6 Å². The quantitative estimate of drug-likeness (QED) is 0.261. The van der Waals surface area contributed by atoms with E-state index in [1.807, 2.05) is 68.4 Å². The van der Waals surface area contributed by atoms with Gasteiger partial charge in [0.05, 0.1) is 0 Å². The molecule has 2 aliphatic heterocycles. The maximum absolute atomic E-state index is 13.4. The Morgan fingerprint density at radius 3 is 2.09 bits per heavy atom. The number of nitrogens with two attached hydrogens (primary N) is 1. The number of anilines is 1. The normalized spacial score (nSPS) is 16.3. The van der Waals surface area contributed by atoms with Gasteiger partial charge in [0.25, 0.3) is 5.91 Å². The van der Waals surface area contributed by atoms with Crippen LogP contribution in [0.1, 0.15) is 35.1 Å². The number of rotatable bonds is 7. The van der Waals surface area contributed by atoms with Crippen LogP contribution in [0.15, 0.2) is 101 Å². The Morgan fingerprint density at radius 2 is 1.45 bits per heavy atom. The molecule has 1 fully saturated rings. The van der Waals surface area contributed by atoms with Gasteiger partial charge in [-0.2, -0.15) is 4.31 Å². The summed E-state index contributed by atoms with van der Waals surface area (Å²) in [5.41, 5.74) is 12.5. The SMILES string of the molecule is Cc1cc(N(C)C(N)=O)cc(C)c1/C=C/S(=O)(=O)N1CCC2(CC1)N=C(c1cccc(-c3ccccc3-c3ccccc3)c1)NC2=O. The molecule has 0 radical (unpaired) electrons. The third kappa shape index (κ3) is 6.34. The number of amides is 3. The number of nitrogens with zero attached hydrogens (tertiary/aromatic N) is 3. The van der Waals surface area contributed by atoms with Crippen LogP contribution in [0.4, 0.5) is 10.5 Å². The van der Waals surface area contributed by atoms with Gasteiger partial charge in [0.2, 0.25) is 10.0 Å². The second-order valence-electron chi connectivity index (χ2n) is 12.1. The molecular formula is C37H37N5O4S. The highest BCUT2D eigenvalue weighted by Crippen LogP contribution is 2.35. The number of hydrogen-bond acceptors (Lipinski definition) is 5. The van der Waals surface area contributed by atoms with E-state index < -0.39 is 21.6 Å². The number of amidine groups is 1. The molecule has 3 amide bonds. The average molecular weight is 648 g/mol. The van der Waals surface area contributed by atoms with Crippen molar-refractivity contribution in [1.29, 1.82) is 0 Å². The molecule has 6 rings (SSSR count). The molecule has 0 saturated carbocycles. The first-order valence-electron chi connectivity index (χ1n) is 15.5. The van der Waals surface area contributed by atoms with E-state index >= 15 is 0 Å². The number of nitrogens with one attached hydrogen (secondary N) is 1. The van der Waals surface area contributed by atoms with Crippen molar-refractivity contribution < 1.29 is 18.0 Å². The minimum atomic E-state index is -3.76. The summed E-state index contributed by atoms with van der Waals surface area (Å²) in [7, 11) is -2.18. The zero-order chi connectivity index (χ0) is 33.3. The monoisotopic (exact) mass is 647 g/mol. The first-order chi connectivity index (χ1) is 22.5. The summed E-state index contributed by atoms with van der Waals surface area (Å²) in [6, 6.07) is 29.4. The molecule has 0 bridgehead atoms. The fourth-order valence-corrected chi connectivity index (χ4v) is 7.49. The Morgan fingerprint density at radius 1 is 0.872 bits per heavy atom. The summed E-state index contributed by atoms with van der Waals surface area (Å²) in [4.78, 5) is 31.2. The van der Waals surface area contributed by atoms with Crippen molar-refractivity contribution in [2.45, 2.75) is 32.2 Å². The molecule has 0 atom stereocenters. The molecule has 2 aliphatic rings. The van der Waals surface area contributed by atoms with Gasteiger partial charge < -0.3 is 11.1 Å². The molecule has 4 aromatic rings. The number of piperidine rings is 1. The van der Waals surface area contributed by atoms with Gasteiger partial charge in [-0.3, -0.25) is 14.7 Å². The lowest BCUT2D eigenvalue weighted by Crippen LogP contribution is -2.50. The Hall–Kier alpha value is -5.06. The van der Waals surface area contributed by atoms with Gasteiger partial charge >= 0.3 is 6.03 Å².